The van der Waals surface area contributed by atoms with E-state index in [-0.39, 0.29) is 18.8 Å². The standard InChI is InChI=1S/C11H15NO.C2H6.H2/c1-5-7-9-11(3,4)8-12(9)10(13)6-2;1-2;/h6,9H,2,8H2,1,3-4H3;1-2H3;1H. The SMILES string of the molecule is C=CC(=O)N1CC(C)(C)C1C#CC.CC.[HH]. The molecule has 0 aromatic heterocycles. The molecule has 0 bridgehead atoms. The van der Waals surface area contributed by atoms with Crippen LogP contribution in [0.5, 0.6) is 0 Å². The van der Waals surface area contributed by atoms with E-state index in [2.05, 4.69) is 32.3 Å². The van der Waals surface area contributed by atoms with Crippen LogP contribution in [-0.2, 0) is 4.79 Å². The molecule has 1 rings (SSSR count). The zero-order chi connectivity index (χ0) is 12.1. The molecule has 0 spiro atoms. The molecule has 0 N–H and O–H groups in total. The number of rotatable bonds is 1. The van der Waals surface area contributed by atoms with Crippen molar-refractivity contribution in [1.29, 1.82) is 0 Å². The molecular formula is C13H23NO. The number of nitrogens with zero attached hydrogens (tertiary/aromatic N) is 1. The summed E-state index contributed by atoms with van der Waals surface area (Å²) in [6, 6.07) is 0.0583. The molecule has 1 unspecified atom stereocenters. The first-order valence-electron chi connectivity index (χ1n) is 5.38. The van der Waals surface area contributed by atoms with Gasteiger partial charge in [-0.2, -0.15) is 0 Å². The van der Waals surface area contributed by atoms with E-state index in [4.69, 9.17) is 0 Å². The van der Waals surface area contributed by atoms with E-state index < -0.39 is 0 Å². The summed E-state index contributed by atoms with van der Waals surface area (Å²) in [6.45, 7) is 14.3. The number of carbonyl (C=O) groups is 1. The van der Waals surface area contributed by atoms with Gasteiger partial charge in [0.05, 0.1) is 0 Å². The van der Waals surface area contributed by atoms with Crippen molar-refractivity contribution < 1.29 is 6.22 Å². The molecule has 2 heteroatoms. The minimum atomic E-state index is -0.0212. The quantitative estimate of drug-likeness (QED) is 0.480. The van der Waals surface area contributed by atoms with E-state index in [1.54, 1.807) is 11.8 Å². The lowest BCUT2D eigenvalue weighted by Gasteiger charge is -2.51. The number of likely N-dealkylation sites (tertiary alicyclic amines) is 1. The van der Waals surface area contributed by atoms with Crippen LogP contribution in [0, 0.1) is 17.3 Å². The molecule has 0 aliphatic carbocycles. The largest absolute Gasteiger partial charge is 0.324 e. The fourth-order valence-electron chi connectivity index (χ4n) is 1.66. The van der Waals surface area contributed by atoms with Gasteiger partial charge in [-0.05, 0) is 13.0 Å². The Balaban J connectivity index is 0. The van der Waals surface area contributed by atoms with Crippen LogP contribution in [0.1, 0.15) is 36.0 Å². The average molecular weight is 209 g/mol. The highest BCUT2D eigenvalue weighted by Crippen LogP contribution is 2.36. The van der Waals surface area contributed by atoms with E-state index in [1.165, 1.54) is 6.08 Å². The molecule has 0 saturated carbocycles. The fraction of sp³-hybridized carbons (Fsp3) is 0.615. The number of hydrogen-bond donors (Lipinski definition) is 0. The topological polar surface area (TPSA) is 20.3 Å². The molecule has 1 amide bonds. The maximum Gasteiger partial charge on any atom is 0.246 e. The van der Waals surface area contributed by atoms with Crippen LogP contribution in [0.4, 0.5) is 0 Å². The Morgan fingerprint density at radius 3 is 2.47 bits per heavy atom. The summed E-state index contributed by atoms with van der Waals surface area (Å²) in [4.78, 5) is 13.1. The fourth-order valence-corrected chi connectivity index (χ4v) is 1.66. The Bertz CT molecular complexity index is 299. The van der Waals surface area contributed by atoms with Gasteiger partial charge >= 0.3 is 0 Å². The van der Waals surface area contributed by atoms with Crippen LogP contribution in [0.2, 0.25) is 0 Å². The van der Waals surface area contributed by atoms with Crippen LogP contribution in [0.3, 0.4) is 0 Å². The molecule has 1 fully saturated rings. The monoisotopic (exact) mass is 209 g/mol. The first kappa shape index (κ1) is 13.8. The third-order valence-corrected chi connectivity index (χ3v) is 2.37. The Morgan fingerprint density at radius 2 is 2.13 bits per heavy atom. The van der Waals surface area contributed by atoms with Crippen molar-refractivity contribution in [2.75, 3.05) is 6.54 Å². The molecule has 0 aromatic carbocycles. The highest BCUT2D eigenvalue weighted by Gasteiger charge is 2.46. The zero-order valence-electron chi connectivity index (χ0n) is 10.4. The van der Waals surface area contributed by atoms with Crippen molar-refractivity contribution in [3.05, 3.63) is 12.7 Å². The zero-order valence-corrected chi connectivity index (χ0v) is 10.4. The van der Waals surface area contributed by atoms with Gasteiger partial charge in [0, 0.05) is 13.4 Å². The summed E-state index contributed by atoms with van der Waals surface area (Å²) < 4.78 is 0. The molecule has 15 heavy (non-hydrogen) atoms. The Hall–Kier alpha value is -1.23. The summed E-state index contributed by atoms with van der Waals surface area (Å²) >= 11 is 0. The van der Waals surface area contributed by atoms with Crippen LogP contribution in [0.15, 0.2) is 12.7 Å². The van der Waals surface area contributed by atoms with Crippen LogP contribution >= 0.6 is 0 Å². The van der Waals surface area contributed by atoms with E-state index in [1.807, 2.05) is 13.8 Å². The molecule has 2 nitrogen and oxygen atoms in total. The maximum absolute atomic E-state index is 11.3. The van der Waals surface area contributed by atoms with E-state index >= 15 is 0 Å². The summed E-state index contributed by atoms with van der Waals surface area (Å²) in [6.07, 6.45) is 1.35. The minimum Gasteiger partial charge on any atom is -0.324 e. The first-order valence-corrected chi connectivity index (χ1v) is 5.38. The van der Waals surface area contributed by atoms with Crippen molar-refractivity contribution in [3.8, 4) is 11.8 Å². The number of carbonyl (C=O) groups excluding carboxylic acids is 1. The molecule has 1 atom stereocenters. The van der Waals surface area contributed by atoms with Gasteiger partial charge in [0.25, 0.3) is 0 Å². The van der Waals surface area contributed by atoms with Crippen molar-refractivity contribution >= 4 is 5.91 Å². The summed E-state index contributed by atoms with van der Waals surface area (Å²) in [5.41, 5.74) is 0.127. The molecule has 0 aromatic rings. The van der Waals surface area contributed by atoms with E-state index in [0.29, 0.717) is 0 Å². The first-order chi connectivity index (χ1) is 7.03. The summed E-state index contributed by atoms with van der Waals surface area (Å²) in [7, 11) is 0. The second-order valence-electron chi connectivity index (χ2n) is 3.96. The summed E-state index contributed by atoms with van der Waals surface area (Å²) in [5, 5.41) is 0. The number of hydrogen-bond acceptors (Lipinski definition) is 1. The Morgan fingerprint density at radius 1 is 1.60 bits per heavy atom. The lowest BCUT2D eigenvalue weighted by molar-refractivity contribution is -0.140. The Labute approximate surface area is 94.8 Å². The van der Waals surface area contributed by atoms with E-state index in [0.717, 1.165) is 6.54 Å². The van der Waals surface area contributed by atoms with Crippen LogP contribution in [0.25, 0.3) is 0 Å². The maximum atomic E-state index is 11.3. The highest BCUT2D eigenvalue weighted by atomic mass is 16.2. The predicted molar refractivity (Wildman–Crippen MR) is 66.4 cm³/mol. The Kier molecular flexibility index (Phi) is 5.14. The van der Waals surface area contributed by atoms with E-state index in [9.17, 15) is 4.79 Å². The minimum absolute atomic E-state index is 0. The van der Waals surface area contributed by atoms with Crippen molar-refractivity contribution in [2.45, 2.75) is 40.7 Å². The lowest BCUT2D eigenvalue weighted by Crippen LogP contribution is -2.62. The van der Waals surface area contributed by atoms with Gasteiger partial charge < -0.3 is 4.90 Å². The van der Waals surface area contributed by atoms with Gasteiger partial charge in [0.2, 0.25) is 5.91 Å². The third kappa shape index (κ3) is 2.86. The van der Waals surface area contributed by atoms with Gasteiger partial charge in [-0.25, -0.2) is 0 Å². The third-order valence-electron chi connectivity index (χ3n) is 2.37. The molecule has 0 radical (unpaired) electrons. The smallest absolute Gasteiger partial charge is 0.246 e. The van der Waals surface area contributed by atoms with Gasteiger partial charge in [-0.15, -0.1) is 5.92 Å². The van der Waals surface area contributed by atoms with Crippen LogP contribution < -0.4 is 0 Å². The van der Waals surface area contributed by atoms with Crippen molar-refractivity contribution in [2.24, 2.45) is 5.41 Å². The van der Waals surface area contributed by atoms with Gasteiger partial charge in [-0.1, -0.05) is 40.2 Å². The molecule has 1 aliphatic heterocycles. The van der Waals surface area contributed by atoms with Gasteiger partial charge in [0.15, 0.2) is 0 Å². The molecule has 86 valence electrons. The average Bonchev–Trinajstić information content (AvgIpc) is 2.25. The molecule has 1 aliphatic rings. The summed E-state index contributed by atoms with van der Waals surface area (Å²) in [5.74, 6) is 5.88. The van der Waals surface area contributed by atoms with Crippen molar-refractivity contribution in [1.82, 2.24) is 4.90 Å². The molecular weight excluding hydrogens is 186 g/mol. The van der Waals surface area contributed by atoms with Crippen molar-refractivity contribution in [3.63, 3.8) is 0 Å². The normalized spacial score (nSPS) is 21.1. The number of amides is 1. The van der Waals surface area contributed by atoms with Crippen LogP contribution in [-0.4, -0.2) is 23.4 Å². The predicted octanol–water partition coefficient (Wildman–Crippen LogP) is 2.70. The molecule has 1 saturated heterocycles. The second kappa shape index (κ2) is 5.60. The molecule has 1 heterocycles. The second-order valence-corrected chi connectivity index (χ2v) is 3.96. The highest BCUT2D eigenvalue weighted by molar-refractivity contribution is 5.88. The lowest BCUT2D eigenvalue weighted by atomic mass is 9.75. The van der Waals surface area contributed by atoms with Gasteiger partial charge in [0.1, 0.15) is 6.04 Å². The van der Waals surface area contributed by atoms with Gasteiger partial charge in [-0.3, -0.25) is 4.79 Å².